The SMILES string of the molecule is COc1cccc(-c2ccc(=O)n(CC(=O)Nc3cc(Cl)ccc3C)n2)c1. The van der Waals surface area contributed by atoms with E-state index in [1.807, 2.05) is 37.3 Å². The van der Waals surface area contributed by atoms with Crippen LogP contribution in [0.15, 0.2) is 59.4 Å². The third-order valence-corrected chi connectivity index (χ3v) is 4.23. The maximum absolute atomic E-state index is 12.4. The van der Waals surface area contributed by atoms with Gasteiger partial charge in [-0.25, -0.2) is 4.68 Å². The molecule has 0 aliphatic heterocycles. The van der Waals surface area contributed by atoms with Gasteiger partial charge in [0.05, 0.1) is 12.8 Å². The summed E-state index contributed by atoms with van der Waals surface area (Å²) in [6, 6.07) is 15.5. The predicted octanol–water partition coefficient (Wildman–Crippen LogP) is 3.52. The van der Waals surface area contributed by atoms with Crippen molar-refractivity contribution in [2.45, 2.75) is 13.5 Å². The quantitative estimate of drug-likeness (QED) is 0.731. The van der Waals surface area contributed by atoms with Gasteiger partial charge in [0.2, 0.25) is 5.91 Å². The molecule has 1 amide bonds. The van der Waals surface area contributed by atoms with E-state index in [1.165, 1.54) is 6.07 Å². The Labute approximate surface area is 161 Å². The number of aromatic nitrogens is 2. The number of benzene rings is 2. The lowest BCUT2D eigenvalue weighted by Gasteiger charge is -2.11. The minimum Gasteiger partial charge on any atom is -0.497 e. The molecule has 0 saturated carbocycles. The van der Waals surface area contributed by atoms with Crippen LogP contribution in [0.4, 0.5) is 5.69 Å². The summed E-state index contributed by atoms with van der Waals surface area (Å²) in [6.45, 7) is 1.66. The van der Waals surface area contributed by atoms with Gasteiger partial charge in [0, 0.05) is 22.3 Å². The molecule has 138 valence electrons. The van der Waals surface area contributed by atoms with E-state index < -0.39 is 0 Å². The monoisotopic (exact) mass is 383 g/mol. The van der Waals surface area contributed by atoms with Crippen LogP contribution in [-0.2, 0) is 11.3 Å². The van der Waals surface area contributed by atoms with E-state index in [1.54, 1.807) is 25.3 Å². The molecule has 27 heavy (non-hydrogen) atoms. The van der Waals surface area contributed by atoms with Crippen molar-refractivity contribution in [3.63, 3.8) is 0 Å². The van der Waals surface area contributed by atoms with Crippen molar-refractivity contribution in [2.75, 3.05) is 12.4 Å². The second-order valence-corrected chi connectivity index (χ2v) is 6.39. The van der Waals surface area contributed by atoms with E-state index in [4.69, 9.17) is 16.3 Å². The van der Waals surface area contributed by atoms with Gasteiger partial charge in [-0.2, -0.15) is 5.10 Å². The summed E-state index contributed by atoms with van der Waals surface area (Å²) in [7, 11) is 1.58. The van der Waals surface area contributed by atoms with Crippen molar-refractivity contribution in [3.8, 4) is 17.0 Å². The van der Waals surface area contributed by atoms with Crippen molar-refractivity contribution in [2.24, 2.45) is 0 Å². The van der Waals surface area contributed by atoms with Gasteiger partial charge in [-0.05, 0) is 42.8 Å². The number of halogens is 1. The summed E-state index contributed by atoms with van der Waals surface area (Å²) in [5.74, 6) is 0.319. The molecule has 0 aliphatic rings. The standard InChI is InChI=1S/C20H18ClN3O3/c1-13-6-7-15(21)11-18(13)22-19(25)12-24-20(26)9-8-17(23-24)14-4-3-5-16(10-14)27-2/h3-11H,12H2,1-2H3,(H,22,25). The predicted molar refractivity (Wildman–Crippen MR) is 105 cm³/mol. The molecule has 2 aromatic carbocycles. The van der Waals surface area contributed by atoms with Crippen molar-refractivity contribution in [1.82, 2.24) is 9.78 Å². The maximum atomic E-state index is 12.4. The number of hydrogen-bond acceptors (Lipinski definition) is 4. The average Bonchev–Trinajstić information content (AvgIpc) is 2.66. The van der Waals surface area contributed by atoms with Crippen LogP contribution in [0.3, 0.4) is 0 Å². The fourth-order valence-corrected chi connectivity index (χ4v) is 2.73. The molecule has 1 heterocycles. The number of methoxy groups -OCH3 is 1. The lowest BCUT2D eigenvalue weighted by molar-refractivity contribution is -0.117. The first-order valence-corrected chi connectivity index (χ1v) is 8.62. The Morgan fingerprint density at radius 3 is 2.78 bits per heavy atom. The first kappa shape index (κ1) is 18.7. The highest BCUT2D eigenvalue weighted by atomic mass is 35.5. The Bertz CT molecular complexity index is 1050. The maximum Gasteiger partial charge on any atom is 0.267 e. The van der Waals surface area contributed by atoms with Crippen molar-refractivity contribution in [3.05, 3.63) is 75.5 Å². The average molecular weight is 384 g/mol. The van der Waals surface area contributed by atoms with E-state index in [0.717, 1.165) is 15.8 Å². The molecule has 0 radical (unpaired) electrons. The third kappa shape index (κ3) is 4.54. The molecule has 0 bridgehead atoms. The summed E-state index contributed by atoms with van der Waals surface area (Å²) < 4.78 is 6.34. The van der Waals surface area contributed by atoms with Gasteiger partial charge in [0.25, 0.3) is 5.56 Å². The summed E-state index contributed by atoms with van der Waals surface area (Å²) in [5.41, 5.74) is 2.47. The number of nitrogens with one attached hydrogen (secondary N) is 1. The molecule has 3 rings (SSSR count). The van der Waals surface area contributed by atoms with Crippen molar-refractivity contribution in [1.29, 1.82) is 0 Å². The number of aryl methyl sites for hydroxylation is 1. The van der Waals surface area contributed by atoms with Crippen LogP contribution in [0.25, 0.3) is 11.3 Å². The largest absolute Gasteiger partial charge is 0.497 e. The van der Waals surface area contributed by atoms with E-state index in [0.29, 0.717) is 22.2 Å². The first-order chi connectivity index (χ1) is 13.0. The zero-order chi connectivity index (χ0) is 19.4. The number of carbonyl (C=O) groups excluding carboxylic acids is 1. The number of carbonyl (C=O) groups is 1. The van der Waals surface area contributed by atoms with Gasteiger partial charge in [-0.15, -0.1) is 0 Å². The molecule has 0 fully saturated rings. The van der Waals surface area contributed by atoms with Gasteiger partial charge >= 0.3 is 0 Å². The molecule has 7 heteroatoms. The molecule has 6 nitrogen and oxygen atoms in total. The minimum absolute atomic E-state index is 0.206. The highest BCUT2D eigenvalue weighted by molar-refractivity contribution is 6.31. The summed E-state index contributed by atoms with van der Waals surface area (Å²) in [4.78, 5) is 24.5. The Balaban J connectivity index is 1.83. The van der Waals surface area contributed by atoms with Gasteiger partial charge in [-0.3, -0.25) is 9.59 Å². The van der Waals surface area contributed by atoms with Crippen molar-refractivity contribution >= 4 is 23.2 Å². The number of ether oxygens (including phenoxy) is 1. The molecule has 0 spiro atoms. The highest BCUT2D eigenvalue weighted by Crippen LogP contribution is 2.22. The van der Waals surface area contributed by atoms with Gasteiger partial charge in [0.15, 0.2) is 0 Å². The molecule has 0 saturated heterocycles. The molecular formula is C20H18ClN3O3. The Hall–Kier alpha value is -3.12. The summed E-state index contributed by atoms with van der Waals surface area (Å²) in [6.07, 6.45) is 0. The van der Waals surface area contributed by atoms with Crippen LogP contribution >= 0.6 is 11.6 Å². The highest BCUT2D eigenvalue weighted by Gasteiger charge is 2.10. The molecule has 0 aliphatic carbocycles. The zero-order valence-corrected chi connectivity index (χ0v) is 15.7. The topological polar surface area (TPSA) is 73.2 Å². The zero-order valence-electron chi connectivity index (χ0n) is 14.9. The second-order valence-electron chi connectivity index (χ2n) is 5.95. The number of hydrogen-bond donors (Lipinski definition) is 1. The number of rotatable bonds is 5. The first-order valence-electron chi connectivity index (χ1n) is 8.25. The smallest absolute Gasteiger partial charge is 0.267 e. The normalized spacial score (nSPS) is 10.5. The lowest BCUT2D eigenvalue weighted by atomic mass is 10.1. The molecule has 0 atom stereocenters. The van der Waals surface area contributed by atoms with Crippen molar-refractivity contribution < 1.29 is 9.53 Å². The minimum atomic E-state index is -0.363. The van der Waals surface area contributed by atoms with Crippen LogP contribution in [0.2, 0.25) is 5.02 Å². The van der Waals surface area contributed by atoms with Crippen LogP contribution in [0, 0.1) is 6.92 Å². The fraction of sp³-hybridized carbons (Fsp3) is 0.150. The van der Waals surface area contributed by atoms with E-state index >= 15 is 0 Å². The van der Waals surface area contributed by atoms with Gasteiger partial charge < -0.3 is 10.1 Å². The summed E-state index contributed by atoms with van der Waals surface area (Å²) in [5, 5.41) is 7.58. The summed E-state index contributed by atoms with van der Waals surface area (Å²) >= 11 is 5.97. The number of amides is 1. The number of anilines is 1. The Morgan fingerprint density at radius 1 is 1.19 bits per heavy atom. The van der Waals surface area contributed by atoms with Gasteiger partial charge in [-0.1, -0.05) is 29.8 Å². The second kappa shape index (κ2) is 8.05. The molecular weight excluding hydrogens is 366 g/mol. The third-order valence-electron chi connectivity index (χ3n) is 4.00. The molecule has 0 unspecified atom stereocenters. The fourth-order valence-electron chi connectivity index (χ4n) is 2.55. The van der Waals surface area contributed by atoms with E-state index in [2.05, 4.69) is 10.4 Å². The van der Waals surface area contributed by atoms with Crippen LogP contribution in [0.5, 0.6) is 5.75 Å². The molecule has 3 aromatic rings. The lowest BCUT2D eigenvalue weighted by Crippen LogP contribution is -2.29. The molecule has 1 N–H and O–H groups in total. The number of nitrogens with zero attached hydrogens (tertiary/aromatic N) is 2. The van der Waals surface area contributed by atoms with Crippen LogP contribution in [-0.4, -0.2) is 22.8 Å². The Morgan fingerprint density at radius 2 is 2.00 bits per heavy atom. The van der Waals surface area contributed by atoms with Gasteiger partial charge in [0.1, 0.15) is 12.3 Å². The van der Waals surface area contributed by atoms with Crippen LogP contribution < -0.4 is 15.6 Å². The van der Waals surface area contributed by atoms with E-state index in [9.17, 15) is 9.59 Å². The van der Waals surface area contributed by atoms with E-state index in [-0.39, 0.29) is 18.0 Å². The molecule has 1 aromatic heterocycles. The Kier molecular flexibility index (Phi) is 5.57. The van der Waals surface area contributed by atoms with Crippen LogP contribution in [0.1, 0.15) is 5.56 Å².